The second-order valence-corrected chi connectivity index (χ2v) is 7.82. The lowest BCUT2D eigenvalue weighted by molar-refractivity contribution is -0.137. The van der Waals surface area contributed by atoms with Crippen LogP contribution in [0, 0.1) is 0 Å². The van der Waals surface area contributed by atoms with Gasteiger partial charge in [-0.05, 0) is 48.9 Å². The number of hydrogen-bond acceptors (Lipinski definition) is 3. The molecular formula is C18H16F3N3O2S. The Morgan fingerprint density at radius 1 is 1.07 bits per heavy atom. The van der Waals surface area contributed by atoms with Gasteiger partial charge in [0.2, 0.25) is 10.0 Å². The SMILES string of the molecule is CCS(=O)(=O)Nc1cccc(-c2cnn(-c3ccc(C(F)(F)F)cc3)c2)c1. The van der Waals surface area contributed by atoms with Crippen molar-refractivity contribution in [1.29, 1.82) is 0 Å². The third-order valence-corrected chi connectivity index (χ3v) is 5.20. The van der Waals surface area contributed by atoms with Crippen molar-refractivity contribution >= 4 is 15.7 Å². The minimum Gasteiger partial charge on any atom is -0.284 e. The summed E-state index contributed by atoms with van der Waals surface area (Å²) >= 11 is 0. The van der Waals surface area contributed by atoms with Gasteiger partial charge in [-0.25, -0.2) is 13.1 Å². The summed E-state index contributed by atoms with van der Waals surface area (Å²) in [6.45, 7) is 1.54. The summed E-state index contributed by atoms with van der Waals surface area (Å²) in [5, 5.41) is 4.17. The summed E-state index contributed by atoms with van der Waals surface area (Å²) in [6, 6.07) is 11.5. The minimum atomic E-state index is -4.39. The van der Waals surface area contributed by atoms with Gasteiger partial charge in [-0.1, -0.05) is 12.1 Å². The van der Waals surface area contributed by atoms with Crippen LogP contribution in [0.4, 0.5) is 18.9 Å². The molecule has 0 aliphatic carbocycles. The molecule has 0 spiro atoms. The molecule has 5 nitrogen and oxygen atoms in total. The number of halogens is 3. The second kappa shape index (κ2) is 7.07. The molecule has 0 fully saturated rings. The molecule has 3 rings (SSSR count). The quantitative estimate of drug-likeness (QED) is 0.700. The average Bonchev–Trinajstić information content (AvgIpc) is 3.11. The largest absolute Gasteiger partial charge is 0.416 e. The van der Waals surface area contributed by atoms with Crippen molar-refractivity contribution in [2.45, 2.75) is 13.1 Å². The second-order valence-electron chi connectivity index (χ2n) is 5.80. The lowest BCUT2D eigenvalue weighted by Gasteiger charge is -2.08. The number of nitrogens with zero attached hydrogens (tertiary/aromatic N) is 2. The van der Waals surface area contributed by atoms with Gasteiger partial charge >= 0.3 is 6.18 Å². The first-order valence-corrected chi connectivity index (χ1v) is 9.66. The zero-order valence-electron chi connectivity index (χ0n) is 14.2. The summed E-state index contributed by atoms with van der Waals surface area (Å²) < 4.78 is 65.3. The van der Waals surface area contributed by atoms with Crippen molar-refractivity contribution in [2.75, 3.05) is 10.5 Å². The highest BCUT2D eigenvalue weighted by atomic mass is 32.2. The van der Waals surface area contributed by atoms with Crippen molar-refractivity contribution in [3.63, 3.8) is 0 Å². The molecular weight excluding hydrogens is 379 g/mol. The van der Waals surface area contributed by atoms with E-state index in [9.17, 15) is 21.6 Å². The predicted molar refractivity (Wildman–Crippen MR) is 97.1 cm³/mol. The van der Waals surface area contributed by atoms with E-state index in [0.29, 0.717) is 16.9 Å². The number of alkyl halides is 3. The van der Waals surface area contributed by atoms with Crippen LogP contribution in [0.2, 0.25) is 0 Å². The van der Waals surface area contributed by atoms with Crippen LogP contribution in [-0.4, -0.2) is 24.0 Å². The first-order valence-electron chi connectivity index (χ1n) is 8.01. The van der Waals surface area contributed by atoms with Crippen LogP contribution in [0.25, 0.3) is 16.8 Å². The van der Waals surface area contributed by atoms with Crippen LogP contribution in [0.3, 0.4) is 0 Å². The van der Waals surface area contributed by atoms with Crippen LogP contribution in [-0.2, 0) is 16.2 Å². The fraction of sp³-hybridized carbons (Fsp3) is 0.167. The normalized spacial score (nSPS) is 12.1. The predicted octanol–water partition coefficient (Wildman–Crippen LogP) is 4.32. The van der Waals surface area contributed by atoms with Gasteiger partial charge in [0.05, 0.1) is 23.2 Å². The molecule has 9 heteroatoms. The van der Waals surface area contributed by atoms with E-state index in [4.69, 9.17) is 0 Å². The topological polar surface area (TPSA) is 64.0 Å². The third kappa shape index (κ3) is 4.48. The number of benzene rings is 2. The highest BCUT2D eigenvalue weighted by Gasteiger charge is 2.30. The Bertz CT molecular complexity index is 1040. The summed E-state index contributed by atoms with van der Waals surface area (Å²) in [4.78, 5) is 0. The first-order chi connectivity index (χ1) is 12.7. The maximum atomic E-state index is 12.7. The first kappa shape index (κ1) is 19.0. The number of aromatic nitrogens is 2. The average molecular weight is 395 g/mol. The number of sulfonamides is 1. The molecule has 1 aromatic heterocycles. The van der Waals surface area contributed by atoms with Crippen molar-refractivity contribution in [3.05, 3.63) is 66.5 Å². The van der Waals surface area contributed by atoms with Gasteiger partial charge in [-0.15, -0.1) is 0 Å². The summed E-state index contributed by atoms with van der Waals surface area (Å²) in [5.41, 5.74) is 1.61. The molecule has 0 saturated carbocycles. The van der Waals surface area contributed by atoms with E-state index in [1.54, 1.807) is 43.6 Å². The Morgan fingerprint density at radius 2 is 1.78 bits per heavy atom. The molecule has 142 valence electrons. The maximum absolute atomic E-state index is 12.7. The summed E-state index contributed by atoms with van der Waals surface area (Å²) in [5.74, 6) is -0.0386. The van der Waals surface area contributed by atoms with Crippen LogP contribution in [0.15, 0.2) is 60.9 Å². The number of hydrogen-bond donors (Lipinski definition) is 1. The monoisotopic (exact) mass is 395 g/mol. The van der Waals surface area contributed by atoms with E-state index in [-0.39, 0.29) is 5.75 Å². The molecule has 0 atom stereocenters. The molecule has 0 aliphatic rings. The molecule has 0 radical (unpaired) electrons. The number of rotatable bonds is 5. The van der Waals surface area contributed by atoms with Crippen LogP contribution in [0.1, 0.15) is 12.5 Å². The molecule has 1 heterocycles. The number of anilines is 1. The smallest absolute Gasteiger partial charge is 0.284 e. The van der Waals surface area contributed by atoms with E-state index in [1.165, 1.54) is 16.8 Å². The van der Waals surface area contributed by atoms with E-state index >= 15 is 0 Å². The lowest BCUT2D eigenvalue weighted by atomic mass is 10.1. The van der Waals surface area contributed by atoms with Gasteiger partial charge in [0.25, 0.3) is 0 Å². The van der Waals surface area contributed by atoms with Crippen molar-refractivity contribution in [3.8, 4) is 16.8 Å². The molecule has 0 aliphatic heterocycles. The Kier molecular flexibility index (Phi) is 4.97. The van der Waals surface area contributed by atoms with Gasteiger partial charge in [0.15, 0.2) is 0 Å². The standard InChI is InChI=1S/C18H16F3N3O2S/c1-2-27(25,26)23-16-5-3-4-13(10-16)14-11-22-24(12-14)17-8-6-15(7-9-17)18(19,20)21/h3-12,23H,2H2,1H3. The van der Waals surface area contributed by atoms with Gasteiger partial charge in [-0.3, -0.25) is 4.72 Å². The summed E-state index contributed by atoms with van der Waals surface area (Å²) in [7, 11) is -3.39. The Labute approximate surface area is 154 Å². The van der Waals surface area contributed by atoms with Gasteiger partial charge in [0, 0.05) is 17.4 Å². The summed E-state index contributed by atoms with van der Waals surface area (Å²) in [6.07, 6.45) is -1.17. The molecule has 2 aromatic carbocycles. The van der Waals surface area contributed by atoms with E-state index in [1.807, 2.05) is 0 Å². The van der Waals surface area contributed by atoms with Crippen LogP contribution < -0.4 is 4.72 Å². The molecule has 0 bridgehead atoms. The van der Waals surface area contributed by atoms with E-state index < -0.39 is 21.8 Å². The molecule has 0 unspecified atom stereocenters. The fourth-order valence-electron chi connectivity index (χ4n) is 2.43. The van der Waals surface area contributed by atoms with E-state index in [0.717, 1.165) is 17.7 Å². The fourth-order valence-corrected chi connectivity index (χ4v) is 3.06. The maximum Gasteiger partial charge on any atom is 0.416 e. The molecule has 0 amide bonds. The van der Waals surface area contributed by atoms with Gasteiger partial charge in [0.1, 0.15) is 0 Å². The van der Waals surface area contributed by atoms with Gasteiger partial charge < -0.3 is 0 Å². The van der Waals surface area contributed by atoms with Crippen LogP contribution in [0.5, 0.6) is 0 Å². The molecule has 3 aromatic rings. The highest BCUT2D eigenvalue weighted by Crippen LogP contribution is 2.30. The van der Waals surface area contributed by atoms with E-state index in [2.05, 4.69) is 9.82 Å². The third-order valence-electron chi connectivity index (χ3n) is 3.89. The zero-order chi connectivity index (χ0) is 19.7. The zero-order valence-corrected chi connectivity index (χ0v) is 15.1. The Hall–Kier alpha value is -2.81. The van der Waals surface area contributed by atoms with Gasteiger partial charge in [-0.2, -0.15) is 18.3 Å². The Balaban J connectivity index is 1.86. The van der Waals surface area contributed by atoms with Crippen LogP contribution >= 0.6 is 0 Å². The number of nitrogens with one attached hydrogen (secondary N) is 1. The van der Waals surface area contributed by atoms with Crippen molar-refractivity contribution in [2.24, 2.45) is 0 Å². The molecule has 0 saturated heterocycles. The highest BCUT2D eigenvalue weighted by molar-refractivity contribution is 7.92. The van der Waals surface area contributed by atoms with Crippen molar-refractivity contribution < 1.29 is 21.6 Å². The lowest BCUT2D eigenvalue weighted by Crippen LogP contribution is -2.14. The van der Waals surface area contributed by atoms with Crippen molar-refractivity contribution in [1.82, 2.24) is 9.78 Å². The Morgan fingerprint density at radius 3 is 2.41 bits per heavy atom. The minimum absolute atomic E-state index is 0.0386. The molecule has 27 heavy (non-hydrogen) atoms. The molecule has 1 N–H and O–H groups in total.